The Kier molecular flexibility index (Phi) is 5.31. The first kappa shape index (κ1) is 18.5. The summed E-state index contributed by atoms with van der Waals surface area (Å²) in [6.07, 6.45) is 8.79. The molecule has 1 fully saturated rings. The molecule has 9 heteroatoms. The van der Waals surface area contributed by atoms with Gasteiger partial charge in [-0.1, -0.05) is 12.8 Å². The van der Waals surface area contributed by atoms with E-state index in [-0.39, 0.29) is 17.5 Å². The molecule has 1 aromatic rings. The maximum absolute atomic E-state index is 12.7. The summed E-state index contributed by atoms with van der Waals surface area (Å²) in [4.78, 5) is 0.191. The van der Waals surface area contributed by atoms with Gasteiger partial charge in [0.2, 0.25) is 15.8 Å². The van der Waals surface area contributed by atoms with Crippen molar-refractivity contribution in [1.29, 1.82) is 0 Å². The number of sulfonamides is 1. The summed E-state index contributed by atoms with van der Waals surface area (Å²) in [6, 6.07) is 0.288. The summed E-state index contributed by atoms with van der Waals surface area (Å²) in [5.41, 5.74) is 0.489. The highest BCUT2D eigenvalue weighted by atomic mass is 32.2. The first-order valence-electron chi connectivity index (χ1n) is 8.40. The second-order valence-electron chi connectivity index (χ2n) is 6.42. The topological polar surface area (TPSA) is 91.7 Å². The maximum Gasteiger partial charge on any atom is 0.244 e. The smallest absolute Gasteiger partial charge is 0.244 e. The number of aryl methyl sites for hydroxylation is 1. The average molecular weight is 371 g/mol. The second-order valence-corrected chi connectivity index (χ2v) is 8.15. The van der Waals surface area contributed by atoms with E-state index in [1.165, 1.54) is 14.2 Å². The molecule has 0 radical (unpaired) electrons. The number of hydrogen-bond acceptors (Lipinski definition) is 6. The van der Waals surface area contributed by atoms with E-state index < -0.39 is 22.1 Å². The lowest BCUT2D eigenvalue weighted by atomic mass is 10.3. The van der Waals surface area contributed by atoms with Gasteiger partial charge in [-0.3, -0.25) is 4.68 Å². The van der Waals surface area contributed by atoms with E-state index in [4.69, 9.17) is 14.2 Å². The van der Waals surface area contributed by atoms with Gasteiger partial charge in [0.05, 0.1) is 18.3 Å². The highest BCUT2D eigenvalue weighted by Crippen LogP contribution is 2.30. The number of methoxy groups -OCH3 is 2. The molecule has 25 heavy (non-hydrogen) atoms. The Morgan fingerprint density at radius 2 is 2.12 bits per heavy atom. The van der Waals surface area contributed by atoms with Crippen LogP contribution in [0.1, 0.15) is 37.4 Å². The number of hydrogen-bond donors (Lipinski definition) is 1. The second kappa shape index (κ2) is 7.16. The van der Waals surface area contributed by atoms with Crippen LogP contribution in [0.5, 0.6) is 0 Å². The van der Waals surface area contributed by atoms with Crippen LogP contribution in [0.25, 0.3) is 0 Å². The van der Waals surface area contributed by atoms with Gasteiger partial charge in [-0.15, -0.1) is 0 Å². The van der Waals surface area contributed by atoms with Crippen LogP contribution in [0.4, 0.5) is 0 Å². The van der Waals surface area contributed by atoms with Crippen LogP contribution >= 0.6 is 0 Å². The fourth-order valence-corrected chi connectivity index (χ4v) is 4.50. The van der Waals surface area contributed by atoms with Crippen LogP contribution in [0.15, 0.2) is 23.2 Å². The van der Waals surface area contributed by atoms with Crippen LogP contribution in [-0.2, 0) is 24.2 Å². The van der Waals surface area contributed by atoms with E-state index in [0.29, 0.717) is 5.69 Å². The summed E-state index contributed by atoms with van der Waals surface area (Å²) < 4.78 is 45.8. The van der Waals surface area contributed by atoms with Crippen molar-refractivity contribution >= 4 is 10.0 Å². The standard InChI is InChI=1S/C16H25N3O5S/c1-12-14(10-19(18-12)13-6-4-5-7-13)25(20,21)17-11-16(23-3)9-8-15(22-2)24-16/h8-10,13,15,17H,4-7,11H2,1-3H3. The van der Waals surface area contributed by atoms with Crippen molar-refractivity contribution in [2.45, 2.75) is 55.6 Å². The summed E-state index contributed by atoms with van der Waals surface area (Å²) >= 11 is 0. The van der Waals surface area contributed by atoms with E-state index in [2.05, 4.69) is 9.82 Å². The lowest BCUT2D eigenvalue weighted by Gasteiger charge is -2.27. The van der Waals surface area contributed by atoms with Gasteiger partial charge in [0.25, 0.3) is 0 Å². The van der Waals surface area contributed by atoms with Crippen molar-refractivity contribution in [2.24, 2.45) is 0 Å². The summed E-state index contributed by atoms with van der Waals surface area (Å²) in [5, 5.41) is 4.40. The van der Waals surface area contributed by atoms with Crippen molar-refractivity contribution < 1.29 is 22.6 Å². The normalized spacial score (nSPS) is 27.4. The molecule has 0 aromatic carbocycles. The molecule has 1 aromatic heterocycles. The van der Waals surface area contributed by atoms with Crippen molar-refractivity contribution in [3.63, 3.8) is 0 Å². The molecule has 3 rings (SSSR count). The number of nitrogens with one attached hydrogen (secondary N) is 1. The van der Waals surface area contributed by atoms with E-state index in [0.717, 1.165) is 25.7 Å². The van der Waals surface area contributed by atoms with Crippen molar-refractivity contribution in [3.05, 3.63) is 24.0 Å². The first-order chi connectivity index (χ1) is 11.9. The lowest BCUT2D eigenvalue weighted by Crippen LogP contribution is -2.44. The maximum atomic E-state index is 12.7. The van der Waals surface area contributed by atoms with Crippen LogP contribution in [0, 0.1) is 6.92 Å². The molecule has 1 aliphatic carbocycles. The fourth-order valence-electron chi connectivity index (χ4n) is 3.27. The summed E-state index contributed by atoms with van der Waals surface area (Å²) in [6.45, 7) is 1.65. The molecule has 0 saturated heterocycles. The number of rotatable bonds is 7. The van der Waals surface area contributed by atoms with Crippen molar-refractivity contribution in [3.8, 4) is 0 Å². The molecular formula is C16H25N3O5S. The predicted molar refractivity (Wildman–Crippen MR) is 90.4 cm³/mol. The minimum Gasteiger partial charge on any atom is -0.352 e. The van der Waals surface area contributed by atoms with E-state index in [9.17, 15) is 8.42 Å². The zero-order valence-electron chi connectivity index (χ0n) is 14.8. The molecular weight excluding hydrogens is 346 g/mol. The van der Waals surface area contributed by atoms with Gasteiger partial charge in [0.1, 0.15) is 4.90 Å². The molecule has 0 spiro atoms. The van der Waals surface area contributed by atoms with Crippen LogP contribution < -0.4 is 4.72 Å². The molecule has 2 aliphatic rings. The molecule has 2 unspecified atom stereocenters. The Bertz CT molecular complexity index is 739. The van der Waals surface area contributed by atoms with Gasteiger partial charge in [-0.05, 0) is 31.9 Å². The van der Waals surface area contributed by atoms with Crippen LogP contribution in [-0.4, -0.2) is 51.0 Å². The Morgan fingerprint density at radius 1 is 1.40 bits per heavy atom. The van der Waals surface area contributed by atoms with E-state index in [1.807, 2.05) is 0 Å². The lowest BCUT2D eigenvalue weighted by molar-refractivity contribution is -0.237. The van der Waals surface area contributed by atoms with Gasteiger partial charge in [-0.2, -0.15) is 5.10 Å². The van der Waals surface area contributed by atoms with Gasteiger partial charge >= 0.3 is 0 Å². The third kappa shape index (κ3) is 3.80. The SMILES string of the molecule is COC1C=CC(CNS(=O)(=O)c2cn(C3CCCC3)nc2C)(OC)O1. The Labute approximate surface area is 148 Å². The fraction of sp³-hybridized carbons (Fsp3) is 0.688. The minimum atomic E-state index is -3.73. The highest BCUT2D eigenvalue weighted by molar-refractivity contribution is 7.89. The van der Waals surface area contributed by atoms with Gasteiger partial charge in [0.15, 0.2) is 6.29 Å². The zero-order chi connectivity index (χ0) is 18.1. The molecule has 0 amide bonds. The molecule has 0 bridgehead atoms. The van der Waals surface area contributed by atoms with E-state index in [1.54, 1.807) is 30.0 Å². The third-order valence-corrected chi connectivity index (χ3v) is 6.27. The largest absolute Gasteiger partial charge is 0.352 e. The number of ether oxygens (including phenoxy) is 3. The third-order valence-electron chi connectivity index (χ3n) is 4.77. The van der Waals surface area contributed by atoms with E-state index >= 15 is 0 Å². The Hall–Kier alpha value is -1.26. The Morgan fingerprint density at radius 3 is 2.72 bits per heavy atom. The van der Waals surface area contributed by atoms with Crippen molar-refractivity contribution in [1.82, 2.24) is 14.5 Å². The zero-order valence-corrected chi connectivity index (χ0v) is 15.6. The molecule has 8 nitrogen and oxygen atoms in total. The molecule has 2 atom stereocenters. The highest BCUT2D eigenvalue weighted by Gasteiger charge is 2.37. The van der Waals surface area contributed by atoms with Crippen LogP contribution in [0.3, 0.4) is 0 Å². The van der Waals surface area contributed by atoms with Gasteiger partial charge in [0, 0.05) is 20.4 Å². The molecule has 1 saturated carbocycles. The van der Waals surface area contributed by atoms with Crippen molar-refractivity contribution in [2.75, 3.05) is 20.8 Å². The quantitative estimate of drug-likeness (QED) is 0.730. The summed E-state index contributed by atoms with van der Waals surface area (Å²) in [7, 11) is -0.764. The molecule has 1 aliphatic heterocycles. The predicted octanol–water partition coefficient (Wildman–Crippen LogP) is 1.49. The number of aromatic nitrogens is 2. The average Bonchev–Trinajstić information content (AvgIpc) is 3.32. The molecule has 140 valence electrons. The molecule has 2 heterocycles. The minimum absolute atomic E-state index is 0.0593. The van der Waals surface area contributed by atoms with Crippen LogP contribution in [0.2, 0.25) is 0 Å². The first-order valence-corrected chi connectivity index (χ1v) is 9.88. The van der Waals surface area contributed by atoms with Gasteiger partial charge in [-0.25, -0.2) is 13.1 Å². The molecule has 1 N–H and O–H groups in total. The Balaban J connectivity index is 1.73. The summed E-state index contributed by atoms with van der Waals surface area (Å²) in [5.74, 6) is -1.18. The number of nitrogens with zero attached hydrogens (tertiary/aromatic N) is 2. The monoisotopic (exact) mass is 371 g/mol. The van der Waals surface area contributed by atoms with Gasteiger partial charge < -0.3 is 14.2 Å².